The summed E-state index contributed by atoms with van der Waals surface area (Å²) in [5, 5.41) is 26.6. The molecular weight excluding hydrogens is 488 g/mol. The largest absolute Gasteiger partial charge is 0.387 e. The summed E-state index contributed by atoms with van der Waals surface area (Å²) in [7, 11) is 0. The summed E-state index contributed by atoms with van der Waals surface area (Å²) < 4.78 is 28.7. The summed E-state index contributed by atoms with van der Waals surface area (Å²) >= 11 is 6.13. The number of amides is 1. The lowest BCUT2D eigenvalue weighted by atomic mass is 10.1. The summed E-state index contributed by atoms with van der Waals surface area (Å²) in [6, 6.07) is 5.43. The van der Waals surface area contributed by atoms with E-state index in [-0.39, 0.29) is 11.5 Å². The number of imidazole rings is 1. The molecule has 0 radical (unpaired) electrons. The predicted octanol–water partition coefficient (Wildman–Crippen LogP) is 0.956. The number of ether oxygens (including phenoxy) is 1. The Balaban J connectivity index is 1.50. The SMILES string of the molecule is [2H]C([2H])([2H])NC(=O)[C@H]1O[C@@H](n2cnc3c(NCCc4cccnc4)nc(-c4cncc(Cl)c4)nc32)[C@H](O)[C@@H]1O. The molecule has 1 aliphatic heterocycles. The van der Waals surface area contributed by atoms with E-state index in [1.165, 1.54) is 23.3 Å². The van der Waals surface area contributed by atoms with Crippen LogP contribution in [0, 0.1) is 0 Å². The fourth-order valence-electron chi connectivity index (χ4n) is 3.94. The number of hydrogen-bond acceptors (Lipinski definition) is 10. The molecule has 13 heteroatoms. The maximum Gasteiger partial charge on any atom is 0.251 e. The van der Waals surface area contributed by atoms with Crippen LogP contribution in [-0.2, 0) is 16.0 Å². The van der Waals surface area contributed by atoms with Gasteiger partial charge in [-0.2, -0.15) is 0 Å². The number of aliphatic hydroxyl groups excluding tert-OH is 2. The molecule has 0 aliphatic carbocycles. The van der Waals surface area contributed by atoms with Crippen LogP contribution in [0.1, 0.15) is 15.9 Å². The molecule has 1 fully saturated rings. The van der Waals surface area contributed by atoms with E-state index < -0.39 is 37.4 Å². The Kier molecular flexibility index (Phi) is 5.75. The predicted molar refractivity (Wildman–Crippen MR) is 130 cm³/mol. The van der Waals surface area contributed by atoms with Crippen molar-refractivity contribution in [1.82, 2.24) is 34.8 Å². The third kappa shape index (κ3) is 4.58. The Hall–Kier alpha value is -3.71. The van der Waals surface area contributed by atoms with Crippen LogP contribution in [0.25, 0.3) is 22.6 Å². The summed E-state index contributed by atoms with van der Waals surface area (Å²) in [6.07, 6.45) is 2.19. The van der Waals surface area contributed by atoms with Crippen LogP contribution in [0.4, 0.5) is 5.82 Å². The van der Waals surface area contributed by atoms with Gasteiger partial charge in [0.2, 0.25) is 0 Å². The summed E-state index contributed by atoms with van der Waals surface area (Å²) in [4.78, 5) is 34.2. The smallest absolute Gasteiger partial charge is 0.251 e. The zero-order valence-electron chi connectivity index (χ0n) is 21.6. The van der Waals surface area contributed by atoms with Gasteiger partial charge < -0.3 is 25.6 Å². The Morgan fingerprint density at radius 1 is 1.25 bits per heavy atom. The molecule has 5 rings (SSSR count). The highest BCUT2D eigenvalue weighted by Crippen LogP contribution is 2.33. The van der Waals surface area contributed by atoms with Crippen LogP contribution in [0.3, 0.4) is 0 Å². The lowest BCUT2D eigenvalue weighted by Crippen LogP contribution is -2.41. The van der Waals surface area contributed by atoms with Gasteiger partial charge in [0, 0.05) is 48.0 Å². The van der Waals surface area contributed by atoms with E-state index in [4.69, 9.17) is 20.5 Å². The molecule has 36 heavy (non-hydrogen) atoms. The van der Waals surface area contributed by atoms with Crippen molar-refractivity contribution in [2.24, 2.45) is 0 Å². The molecule has 0 saturated carbocycles. The monoisotopic (exact) mass is 513 g/mol. The van der Waals surface area contributed by atoms with Gasteiger partial charge in [0.25, 0.3) is 5.91 Å². The van der Waals surface area contributed by atoms with E-state index in [0.29, 0.717) is 34.9 Å². The number of anilines is 1. The van der Waals surface area contributed by atoms with Crippen molar-refractivity contribution in [2.75, 3.05) is 18.8 Å². The normalized spacial score (nSPS) is 23.1. The second-order valence-electron chi connectivity index (χ2n) is 8.07. The molecular formula is C23H23ClN8O4. The van der Waals surface area contributed by atoms with E-state index >= 15 is 0 Å². The summed E-state index contributed by atoms with van der Waals surface area (Å²) in [5.41, 5.74) is 2.07. The van der Waals surface area contributed by atoms with Crippen LogP contribution >= 0.6 is 11.6 Å². The van der Waals surface area contributed by atoms with Gasteiger partial charge in [0.05, 0.1) is 11.3 Å². The summed E-state index contributed by atoms with van der Waals surface area (Å²) in [5.74, 6) is -0.471. The van der Waals surface area contributed by atoms with E-state index in [9.17, 15) is 15.0 Å². The molecule has 1 aliphatic rings. The lowest BCUT2D eigenvalue weighted by molar-refractivity contribution is -0.137. The number of likely N-dealkylation sites (N-methyl/N-ethyl adjacent to an activating group) is 1. The highest BCUT2D eigenvalue weighted by Gasteiger charge is 2.47. The third-order valence-corrected chi connectivity index (χ3v) is 5.91. The third-order valence-electron chi connectivity index (χ3n) is 5.71. The average molecular weight is 514 g/mol. The minimum atomic E-state index is -2.80. The Morgan fingerprint density at radius 3 is 2.92 bits per heavy atom. The van der Waals surface area contributed by atoms with E-state index in [0.717, 1.165) is 5.56 Å². The number of halogens is 1. The minimum absolute atomic E-state index is 0.219. The number of carbonyl (C=O) groups is 1. The maximum atomic E-state index is 12.4. The van der Waals surface area contributed by atoms with Gasteiger partial charge in [-0.25, -0.2) is 15.0 Å². The van der Waals surface area contributed by atoms with Crippen molar-refractivity contribution in [3.05, 3.63) is 59.9 Å². The van der Waals surface area contributed by atoms with Gasteiger partial charge in [-0.1, -0.05) is 17.7 Å². The molecule has 0 bridgehead atoms. The zero-order chi connectivity index (χ0) is 27.7. The highest BCUT2D eigenvalue weighted by atomic mass is 35.5. The van der Waals surface area contributed by atoms with Crippen LogP contribution in [-0.4, -0.2) is 77.4 Å². The minimum Gasteiger partial charge on any atom is -0.387 e. The first kappa shape index (κ1) is 20.5. The number of aromatic nitrogens is 6. The molecule has 4 aromatic heterocycles. The van der Waals surface area contributed by atoms with Crippen molar-refractivity contribution >= 4 is 34.5 Å². The number of fused-ring (bicyclic) bond motifs is 1. The van der Waals surface area contributed by atoms with Gasteiger partial charge in [0.15, 0.2) is 35.1 Å². The second kappa shape index (κ2) is 10.1. The quantitative estimate of drug-likeness (QED) is 0.280. The average Bonchev–Trinajstić information content (AvgIpc) is 3.44. The number of nitrogens with zero attached hydrogens (tertiary/aromatic N) is 6. The lowest BCUT2D eigenvalue weighted by Gasteiger charge is -2.17. The number of aliphatic hydroxyl groups is 2. The fraction of sp³-hybridized carbons (Fsp3) is 0.304. The molecule has 186 valence electrons. The second-order valence-corrected chi connectivity index (χ2v) is 8.50. The number of nitrogens with one attached hydrogen (secondary N) is 2. The topological polar surface area (TPSA) is 160 Å². The summed E-state index contributed by atoms with van der Waals surface area (Å²) in [6.45, 7) is -2.31. The first-order valence-corrected chi connectivity index (χ1v) is 11.3. The Labute approximate surface area is 214 Å². The maximum absolute atomic E-state index is 12.4. The molecule has 0 spiro atoms. The highest BCUT2D eigenvalue weighted by molar-refractivity contribution is 6.30. The van der Waals surface area contributed by atoms with Gasteiger partial charge in [-0.05, 0) is 24.1 Å². The first-order valence-electron chi connectivity index (χ1n) is 12.4. The molecule has 4 atom stereocenters. The van der Waals surface area contributed by atoms with E-state index in [2.05, 4.69) is 30.2 Å². The molecule has 0 aromatic carbocycles. The van der Waals surface area contributed by atoms with Crippen molar-refractivity contribution in [2.45, 2.75) is 31.0 Å². The Bertz CT molecular complexity index is 1490. The van der Waals surface area contributed by atoms with Gasteiger partial charge in [-0.15, -0.1) is 0 Å². The van der Waals surface area contributed by atoms with E-state index in [1.54, 1.807) is 23.8 Å². The molecule has 4 aromatic rings. The van der Waals surface area contributed by atoms with Crippen molar-refractivity contribution in [1.29, 1.82) is 0 Å². The van der Waals surface area contributed by atoms with Gasteiger partial charge in [0.1, 0.15) is 12.2 Å². The molecule has 12 nitrogen and oxygen atoms in total. The van der Waals surface area contributed by atoms with Crippen LogP contribution in [0.2, 0.25) is 5.02 Å². The first-order chi connectivity index (χ1) is 18.6. The fourth-order valence-corrected chi connectivity index (χ4v) is 4.11. The molecule has 1 saturated heterocycles. The van der Waals surface area contributed by atoms with E-state index in [1.807, 2.05) is 12.1 Å². The van der Waals surface area contributed by atoms with Crippen LogP contribution in [0.15, 0.2) is 49.3 Å². The Morgan fingerprint density at radius 2 is 2.14 bits per heavy atom. The molecule has 4 N–H and O–H groups in total. The van der Waals surface area contributed by atoms with Gasteiger partial charge in [-0.3, -0.25) is 19.3 Å². The van der Waals surface area contributed by atoms with Crippen molar-refractivity contribution < 1.29 is 23.9 Å². The van der Waals surface area contributed by atoms with Crippen molar-refractivity contribution in [3.8, 4) is 11.4 Å². The zero-order valence-corrected chi connectivity index (χ0v) is 19.4. The van der Waals surface area contributed by atoms with Crippen molar-refractivity contribution in [3.63, 3.8) is 0 Å². The number of rotatable bonds is 7. The number of carbonyl (C=O) groups excluding carboxylic acids is 1. The van der Waals surface area contributed by atoms with Crippen LogP contribution in [0.5, 0.6) is 0 Å². The number of hydrogen-bond donors (Lipinski definition) is 4. The van der Waals surface area contributed by atoms with Gasteiger partial charge >= 0.3 is 0 Å². The van der Waals surface area contributed by atoms with Crippen LogP contribution < -0.4 is 10.6 Å². The number of pyridine rings is 2. The standard InChI is InChI=1S/C23H23ClN8O4/c1-25-22(35)18-16(33)17(34)23(36-18)32-11-29-15-20(28-6-4-12-3-2-5-26-8-12)30-19(31-21(15)32)13-7-14(24)10-27-9-13/h2-3,5,7-11,16-18,23,33-34H,4,6H2,1H3,(H,25,35)(H,28,30,31)/t16-,17+,18-,23+/m0/s1/i1D3. The molecule has 1 amide bonds. The molecule has 0 unspecified atom stereocenters. The molecule has 5 heterocycles.